The predicted molar refractivity (Wildman–Crippen MR) is 154 cm³/mol. The molecule has 2 aromatic rings. The van der Waals surface area contributed by atoms with Crippen LogP contribution in [0, 0.1) is 10.1 Å². The molecule has 3 unspecified atom stereocenters. The van der Waals surface area contributed by atoms with Crippen molar-refractivity contribution in [3.63, 3.8) is 0 Å². The summed E-state index contributed by atoms with van der Waals surface area (Å²) >= 11 is 7.31. The number of nitro groups is 1. The number of nitro benzene ring substituents is 1. The van der Waals surface area contributed by atoms with Crippen molar-refractivity contribution in [2.75, 3.05) is 5.88 Å². The maximum Gasteiger partial charge on any atom is 0.408 e. The molecule has 2 heterocycles. The van der Waals surface area contributed by atoms with Crippen LogP contribution in [0.1, 0.15) is 37.9 Å². The highest BCUT2D eigenvalue weighted by molar-refractivity contribution is 8.03. The maximum atomic E-state index is 13.4. The summed E-state index contributed by atoms with van der Waals surface area (Å²) < 4.78 is 10.8. The largest absolute Gasteiger partial charge is 0.458 e. The highest BCUT2D eigenvalue weighted by Gasteiger charge is 2.56. The number of hydrogen-bond donors (Lipinski definition) is 2. The van der Waals surface area contributed by atoms with Gasteiger partial charge in [0.05, 0.1) is 4.92 Å². The van der Waals surface area contributed by atoms with Gasteiger partial charge in [0, 0.05) is 18.0 Å². The number of non-ortho nitro benzene ring substituents is 1. The SMILES string of the molecule is CC(C)(C)OC(=O)C1C(CCl)=CS[C@H]2C(NC(=O)C(NC(=O)OCc3ccc([N+](=O)[O-])cc3)c3ccccc3)C(=O)N12. The number of amides is 3. The molecule has 0 spiro atoms. The van der Waals surface area contributed by atoms with Gasteiger partial charge in [-0.15, -0.1) is 23.4 Å². The van der Waals surface area contributed by atoms with Crippen molar-refractivity contribution in [1.29, 1.82) is 0 Å². The fourth-order valence-electron chi connectivity index (χ4n) is 4.37. The number of alkyl halides is 1. The van der Waals surface area contributed by atoms with E-state index in [-0.39, 0.29) is 18.2 Å². The number of nitrogens with one attached hydrogen (secondary N) is 2. The maximum absolute atomic E-state index is 13.4. The Hall–Kier alpha value is -4.10. The molecule has 2 aliphatic rings. The van der Waals surface area contributed by atoms with Crippen LogP contribution in [0.3, 0.4) is 0 Å². The van der Waals surface area contributed by atoms with E-state index >= 15 is 0 Å². The van der Waals surface area contributed by atoms with Crippen molar-refractivity contribution < 1.29 is 33.6 Å². The van der Waals surface area contributed by atoms with E-state index in [2.05, 4.69) is 10.6 Å². The van der Waals surface area contributed by atoms with Gasteiger partial charge < -0.3 is 25.0 Å². The van der Waals surface area contributed by atoms with Gasteiger partial charge in [-0.25, -0.2) is 9.59 Å². The van der Waals surface area contributed by atoms with Gasteiger partial charge in [-0.1, -0.05) is 30.3 Å². The minimum Gasteiger partial charge on any atom is -0.458 e. The highest BCUT2D eigenvalue weighted by Crippen LogP contribution is 2.41. The van der Waals surface area contributed by atoms with Gasteiger partial charge in [-0.2, -0.15) is 0 Å². The first-order chi connectivity index (χ1) is 19.9. The van der Waals surface area contributed by atoms with Gasteiger partial charge in [0.15, 0.2) is 6.04 Å². The van der Waals surface area contributed by atoms with E-state index < -0.39 is 57.9 Å². The van der Waals surface area contributed by atoms with E-state index in [1.807, 2.05) is 0 Å². The lowest BCUT2D eigenvalue weighted by atomic mass is 9.97. The van der Waals surface area contributed by atoms with E-state index in [1.165, 1.54) is 40.9 Å². The van der Waals surface area contributed by atoms with Crippen LogP contribution in [0.2, 0.25) is 0 Å². The first-order valence-electron chi connectivity index (χ1n) is 12.9. The number of esters is 1. The summed E-state index contributed by atoms with van der Waals surface area (Å²) in [4.78, 5) is 64.0. The predicted octanol–water partition coefficient (Wildman–Crippen LogP) is 3.80. The van der Waals surface area contributed by atoms with Crippen LogP contribution in [-0.4, -0.2) is 62.6 Å². The molecule has 12 nitrogen and oxygen atoms in total. The number of alkyl carbamates (subject to hydrolysis) is 1. The van der Waals surface area contributed by atoms with Gasteiger partial charge in [0.1, 0.15) is 29.7 Å². The molecule has 0 bridgehead atoms. The van der Waals surface area contributed by atoms with Gasteiger partial charge in [-0.05, 0) is 55.0 Å². The first-order valence-corrected chi connectivity index (χ1v) is 14.3. The molecule has 4 rings (SSSR count). The van der Waals surface area contributed by atoms with Crippen LogP contribution < -0.4 is 10.6 Å². The number of carbonyl (C=O) groups excluding carboxylic acids is 4. The summed E-state index contributed by atoms with van der Waals surface area (Å²) in [5.41, 5.74) is 0.589. The minimum absolute atomic E-state index is 0.0203. The number of halogens is 1. The van der Waals surface area contributed by atoms with Crippen LogP contribution in [0.15, 0.2) is 65.6 Å². The molecule has 0 saturated carbocycles. The molecule has 1 fully saturated rings. The standard InChI is InChI=1S/C28H29ClN4O8S/c1-28(2,3)41-26(36)22-18(13-29)15-42-25-21(24(35)32(22)25)30-23(34)20(17-7-5-4-6-8-17)31-27(37)40-14-16-9-11-19(12-10-16)33(38)39/h4-12,15,20-22,25H,13-14H2,1-3H3,(H,30,34)(H,31,37)/t20?,21?,22?,25-/m0/s1. The van der Waals surface area contributed by atoms with Crippen LogP contribution in [0.5, 0.6) is 0 Å². The van der Waals surface area contributed by atoms with Crippen molar-refractivity contribution in [3.8, 4) is 0 Å². The molecular formula is C28H29ClN4O8S. The monoisotopic (exact) mass is 616 g/mol. The van der Waals surface area contributed by atoms with Crippen molar-refractivity contribution in [1.82, 2.24) is 15.5 Å². The van der Waals surface area contributed by atoms with Gasteiger partial charge in [0.2, 0.25) is 11.8 Å². The van der Waals surface area contributed by atoms with E-state index in [1.54, 1.807) is 56.5 Å². The molecule has 222 valence electrons. The topological polar surface area (TPSA) is 157 Å². The lowest BCUT2D eigenvalue weighted by Gasteiger charge is -2.52. The van der Waals surface area contributed by atoms with Crippen LogP contribution in [0.4, 0.5) is 10.5 Å². The Morgan fingerprint density at radius 3 is 2.38 bits per heavy atom. The molecular weight excluding hydrogens is 588 g/mol. The second kappa shape index (κ2) is 12.8. The highest BCUT2D eigenvalue weighted by atomic mass is 35.5. The zero-order valence-corrected chi connectivity index (χ0v) is 24.5. The molecule has 42 heavy (non-hydrogen) atoms. The summed E-state index contributed by atoms with van der Waals surface area (Å²) in [6.45, 7) is 4.97. The van der Waals surface area contributed by atoms with Crippen LogP contribution >= 0.6 is 23.4 Å². The molecule has 0 aliphatic carbocycles. The van der Waals surface area contributed by atoms with E-state index in [0.29, 0.717) is 16.7 Å². The Morgan fingerprint density at radius 2 is 1.79 bits per heavy atom. The fraction of sp³-hybridized carbons (Fsp3) is 0.357. The Balaban J connectivity index is 1.44. The Bertz CT molecular complexity index is 1400. The van der Waals surface area contributed by atoms with E-state index in [4.69, 9.17) is 21.1 Å². The van der Waals surface area contributed by atoms with Crippen molar-refractivity contribution in [2.45, 2.75) is 56.5 Å². The number of carbonyl (C=O) groups is 4. The Labute approximate surface area is 250 Å². The molecule has 14 heteroatoms. The molecule has 4 atom stereocenters. The van der Waals surface area contributed by atoms with E-state index in [0.717, 1.165) is 0 Å². The third kappa shape index (κ3) is 7.02. The second-order valence-electron chi connectivity index (χ2n) is 10.5. The number of benzene rings is 2. The van der Waals surface area contributed by atoms with Crippen LogP contribution in [0.25, 0.3) is 0 Å². The number of β-lactam (4-membered cyclic amide) rings is 1. The molecule has 3 amide bonds. The zero-order chi connectivity index (χ0) is 30.6. The molecule has 0 aromatic heterocycles. The number of rotatable bonds is 9. The van der Waals surface area contributed by atoms with Gasteiger partial charge in [-0.3, -0.25) is 19.7 Å². The molecule has 2 aromatic carbocycles. The number of fused-ring (bicyclic) bond motifs is 1. The number of ether oxygens (including phenoxy) is 2. The van der Waals surface area contributed by atoms with Crippen molar-refractivity contribution >= 4 is 52.9 Å². The number of nitrogens with zero attached hydrogens (tertiary/aromatic N) is 2. The third-order valence-corrected chi connectivity index (χ3v) is 7.85. The summed E-state index contributed by atoms with van der Waals surface area (Å²) in [6.07, 6.45) is -0.911. The zero-order valence-electron chi connectivity index (χ0n) is 22.9. The lowest BCUT2D eigenvalue weighted by molar-refractivity contribution is -0.384. The smallest absolute Gasteiger partial charge is 0.408 e. The first kappa shape index (κ1) is 30.8. The summed E-state index contributed by atoms with van der Waals surface area (Å²) in [7, 11) is 0. The molecule has 0 radical (unpaired) electrons. The average Bonchev–Trinajstić information content (AvgIpc) is 2.96. The number of thioether (sulfide) groups is 1. The lowest BCUT2D eigenvalue weighted by Crippen LogP contribution is -2.74. The van der Waals surface area contributed by atoms with Crippen molar-refractivity contribution in [2.24, 2.45) is 0 Å². The summed E-state index contributed by atoms with van der Waals surface area (Å²) in [6, 6.07) is 10.7. The Morgan fingerprint density at radius 1 is 1.12 bits per heavy atom. The van der Waals surface area contributed by atoms with Crippen LogP contribution in [-0.2, 0) is 30.5 Å². The summed E-state index contributed by atoms with van der Waals surface area (Å²) in [5.74, 6) is -1.74. The quantitative estimate of drug-likeness (QED) is 0.141. The third-order valence-electron chi connectivity index (χ3n) is 6.32. The van der Waals surface area contributed by atoms with Crippen molar-refractivity contribution in [3.05, 3.63) is 86.8 Å². The van der Waals surface area contributed by atoms with Gasteiger partial charge in [0.25, 0.3) is 5.69 Å². The number of hydrogen-bond acceptors (Lipinski definition) is 9. The normalized spacial score (nSPS) is 20.3. The fourth-order valence-corrected chi connectivity index (χ4v) is 5.91. The second-order valence-corrected chi connectivity index (χ2v) is 11.8. The summed E-state index contributed by atoms with van der Waals surface area (Å²) in [5, 5.41) is 17.2. The van der Waals surface area contributed by atoms with Gasteiger partial charge >= 0.3 is 12.1 Å². The van der Waals surface area contributed by atoms with E-state index in [9.17, 15) is 29.3 Å². The molecule has 2 N–H and O–H groups in total. The Kier molecular flexibility index (Phi) is 9.42. The molecule has 1 saturated heterocycles. The minimum atomic E-state index is -1.21. The average molecular weight is 617 g/mol. The molecule has 2 aliphatic heterocycles.